The molecule has 0 saturated heterocycles. The molecule has 3 N–H and O–H groups in total. The van der Waals surface area contributed by atoms with E-state index in [4.69, 9.17) is 0 Å². The Balaban J connectivity index is 1.17. The highest BCUT2D eigenvalue weighted by Crippen LogP contribution is 2.19. The Morgan fingerprint density at radius 3 is 1.81 bits per heavy atom. The van der Waals surface area contributed by atoms with Crippen LogP contribution in [0.1, 0.15) is 48.8 Å². The molecule has 0 spiro atoms. The highest BCUT2D eigenvalue weighted by molar-refractivity contribution is 5.63. The molecule has 0 aromatic heterocycles. The zero-order valence-corrected chi connectivity index (χ0v) is 18.7. The van der Waals surface area contributed by atoms with Crippen LogP contribution in [0, 0.1) is 6.92 Å². The molecule has 0 unspecified atom stereocenters. The van der Waals surface area contributed by atoms with E-state index in [0.29, 0.717) is 5.75 Å². The van der Waals surface area contributed by atoms with Crippen molar-refractivity contribution in [1.29, 1.82) is 0 Å². The van der Waals surface area contributed by atoms with Crippen molar-refractivity contribution < 1.29 is 5.11 Å². The molecule has 3 aromatic rings. The molecule has 0 radical (unpaired) electrons. The topological polar surface area (TPSA) is 44.3 Å². The summed E-state index contributed by atoms with van der Waals surface area (Å²) in [5.41, 5.74) is 6.06. The lowest BCUT2D eigenvalue weighted by Gasteiger charge is -2.08. The fraction of sp³-hybridized carbons (Fsp3) is 0.357. The number of hydrogen-bond acceptors (Lipinski definition) is 3. The van der Waals surface area contributed by atoms with Crippen molar-refractivity contribution in [2.24, 2.45) is 0 Å². The summed E-state index contributed by atoms with van der Waals surface area (Å²) in [5.74, 6) is 0.374. The molecule has 0 aliphatic heterocycles. The van der Waals surface area contributed by atoms with Gasteiger partial charge in [0.15, 0.2) is 0 Å². The Kier molecular flexibility index (Phi) is 9.62. The summed E-state index contributed by atoms with van der Waals surface area (Å²) < 4.78 is 0. The number of hydrogen-bond donors (Lipinski definition) is 3. The molecular formula is C28H36N2O. The molecule has 0 aliphatic rings. The molecule has 164 valence electrons. The minimum absolute atomic E-state index is 0.374. The number of nitrogens with one attached hydrogen (secondary N) is 2. The lowest BCUT2D eigenvalue weighted by molar-refractivity contribution is 0.470. The third kappa shape index (κ3) is 8.20. The Bertz CT molecular complexity index is 891. The van der Waals surface area contributed by atoms with Gasteiger partial charge in [0, 0.05) is 13.1 Å². The van der Waals surface area contributed by atoms with E-state index in [1.807, 2.05) is 19.1 Å². The van der Waals surface area contributed by atoms with E-state index in [-0.39, 0.29) is 0 Å². The number of phenols is 1. The van der Waals surface area contributed by atoms with Gasteiger partial charge in [-0.15, -0.1) is 0 Å². The maximum atomic E-state index is 9.57. The van der Waals surface area contributed by atoms with Crippen LogP contribution in [0.15, 0.2) is 72.8 Å². The van der Waals surface area contributed by atoms with Crippen molar-refractivity contribution in [2.45, 2.75) is 52.1 Å². The van der Waals surface area contributed by atoms with Crippen LogP contribution >= 0.6 is 0 Å². The lowest BCUT2D eigenvalue weighted by atomic mass is 10.0. The monoisotopic (exact) mass is 416 g/mol. The van der Waals surface area contributed by atoms with Gasteiger partial charge >= 0.3 is 0 Å². The van der Waals surface area contributed by atoms with E-state index in [1.54, 1.807) is 6.07 Å². The van der Waals surface area contributed by atoms with Crippen molar-refractivity contribution in [3.63, 3.8) is 0 Å². The quantitative estimate of drug-likeness (QED) is 0.291. The van der Waals surface area contributed by atoms with Gasteiger partial charge < -0.3 is 15.7 Å². The summed E-state index contributed by atoms with van der Waals surface area (Å²) >= 11 is 0. The van der Waals surface area contributed by atoms with Crippen LogP contribution in [0.3, 0.4) is 0 Å². The van der Waals surface area contributed by atoms with Crippen molar-refractivity contribution in [3.8, 4) is 16.9 Å². The van der Waals surface area contributed by atoms with Crippen molar-refractivity contribution in [1.82, 2.24) is 10.6 Å². The fourth-order valence-corrected chi connectivity index (χ4v) is 3.77. The van der Waals surface area contributed by atoms with Gasteiger partial charge in [-0.2, -0.15) is 0 Å². The van der Waals surface area contributed by atoms with Crippen molar-refractivity contribution >= 4 is 0 Å². The molecule has 0 bridgehead atoms. The Morgan fingerprint density at radius 1 is 0.613 bits per heavy atom. The molecule has 0 amide bonds. The van der Waals surface area contributed by atoms with Gasteiger partial charge in [0.25, 0.3) is 0 Å². The van der Waals surface area contributed by atoms with Gasteiger partial charge in [0.1, 0.15) is 5.75 Å². The van der Waals surface area contributed by atoms with E-state index in [1.165, 1.54) is 54.4 Å². The molecule has 0 fully saturated rings. The summed E-state index contributed by atoms with van der Waals surface area (Å²) in [4.78, 5) is 0. The van der Waals surface area contributed by atoms with Crippen LogP contribution in [0.4, 0.5) is 0 Å². The zero-order chi connectivity index (χ0) is 21.7. The van der Waals surface area contributed by atoms with Gasteiger partial charge in [0.05, 0.1) is 0 Å². The predicted octanol–water partition coefficient (Wildman–Crippen LogP) is 6.20. The second-order valence-electron chi connectivity index (χ2n) is 8.31. The first-order chi connectivity index (χ1) is 15.2. The molecule has 31 heavy (non-hydrogen) atoms. The first-order valence-corrected chi connectivity index (χ1v) is 11.6. The number of benzene rings is 3. The molecular weight excluding hydrogens is 380 g/mol. The number of aryl methyl sites for hydroxylation is 1. The average molecular weight is 417 g/mol. The van der Waals surface area contributed by atoms with Gasteiger partial charge in [-0.1, -0.05) is 86.0 Å². The normalized spacial score (nSPS) is 11.0. The number of aromatic hydroxyl groups is 1. The Labute approximate surface area is 187 Å². The highest BCUT2D eigenvalue weighted by Gasteiger charge is 1.99. The molecule has 3 heteroatoms. The Morgan fingerprint density at radius 2 is 1.16 bits per heavy atom. The summed E-state index contributed by atoms with van der Waals surface area (Å²) in [6.07, 6.45) is 6.33. The summed E-state index contributed by atoms with van der Waals surface area (Å²) in [7, 11) is 0. The van der Waals surface area contributed by atoms with E-state index in [2.05, 4.69) is 65.2 Å². The molecule has 0 aliphatic carbocycles. The number of rotatable bonds is 13. The summed E-state index contributed by atoms with van der Waals surface area (Å²) in [6.45, 7) is 5.89. The average Bonchev–Trinajstić information content (AvgIpc) is 2.81. The molecule has 0 heterocycles. The standard InChI is InChI=1S/C28H36N2O/c1-23-20-25(14-17-28(23)31)22-30-19-9-4-2-3-8-18-29-21-24-12-15-27(16-13-24)26-10-6-5-7-11-26/h5-7,10-17,20,29-31H,2-4,8-9,18-19,21-22H2,1H3. The minimum atomic E-state index is 0.374. The lowest BCUT2D eigenvalue weighted by Crippen LogP contribution is -2.15. The van der Waals surface area contributed by atoms with Crippen LogP contribution < -0.4 is 10.6 Å². The fourth-order valence-electron chi connectivity index (χ4n) is 3.77. The molecule has 3 rings (SSSR count). The van der Waals surface area contributed by atoms with Crippen LogP contribution in [-0.4, -0.2) is 18.2 Å². The molecule has 3 nitrogen and oxygen atoms in total. The summed E-state index contributed by atoms with van der Waals surface area (Å²) in [5, 5.41) is 16.6. The minimum Gasteiger partial charge on any atom is -0.508 e. The second kappa shape index (κ2) is 12.9. The van der Waals surface area contributed by atoms with E-state index in [0.717, 1.165) is 31.7 Å². The van der Waals surface area contributed by atoms with E-state index < -0.39 is 0 Å². The second-order valence-corrected chi connectivity index (χ2v) is 8.31. The first-order valence-electron chi connectivity index (χ1n) is 11.6. The first kappa shape index (κ1) is 23.1. The SMILES string of the molecule is Cc1cc(CNCCCCCCCNCc2ccc(-c3ccccc3)cc2)ccc1O. The largest absolute Gasteiger partial charge is 0.508 e. The van der Waals surface area contributed by atoms with Crippen molar-refractivity contribution in [3.05, 3.63) is 89.5 Å². The van der Waals surface area contributed by atoms with Crippen LogP contribution in [0.2, 0.25) is 0 Å². The van der Waals surface area contributed by atoms with Crippen LogP contribution in [0.25, 0.3) is 11.1 Å². The van der Waals surface area contributed by atoms with Crippen molar-refractivity contribution in [2.75, 3.05) is 13.1 Å². The summed E-state index contributed by atoms with van der Waals surface area (Å²) in [6, 6.07) is 25.2. The zero-order valence-electron chi connectivity index (χ0n) is 18.7. The molecule has 0 saturated carbocycles. The van der Waals surface area contributed by atoms with Gasteiger partial charge in [-0.3, -0.25) is 0 Å². The van der Waals surface area contributed by atoms with E-state index >= 15 is 0 Å². The highest BCUT2D eigenvalue weighted by atomic mass is 16.3. The maximum absolute atomic E-state index is 9.57. The van der Waals surface area contributed by atoms with Gasteiger partial charge in [-0.05, 0) is 66.7 Å². The Hall–Kier alpha value is -2.62. The number of unbranched alkanes of at least 4 members (excludes halogenated alkanes) is 4. The molecule has 3 aromatic carbocycles. The van der Waals surface area contributed by atoms with Gasteiger partial charge in [0.2, 0.25) is 0 Å². The predicted molar refractivity (Wildman–Crippen MR) is 131 cm³/mol. The third-order valence-corrected chi connectivity index (χ3v) is 5.69. The third-order valence-electron chi connectivity index (χ3n) is 5.69. The van der Waals surface area contributed by atoms with Crippen LogP contribution in [-0.2, 0) is 13.1 Å². The molecule has 0 atom stereocenters. The number of phenolic OH excluding ortho intramolecular Hbond substituents is 1. The maximum Gasteiger partial charge on any atom is 0.118 e. The van der Waals surface area contributed by atoms with Gasteiger partial charge in [-0.25, -0.2) is 0 Å². The van der Waals surface area contributed by atoms with E-state index in [9.17, 15) is 5.11 Å². The van der Waals surface area contributed by atoms with Crippen LogP contribution in [0.5, 0.6) is 5.75 Å². The smallest absolute Gasteiger partial charge is 0.118 e.